The van der Waals surface area contributed by atoms with Crippen LogP contribution in [0.1, 0.15) is 0 Å². The molecule has 106 valence electrons. The Hall–Kier alpha value is -1.66. The first-order valence-electron chi connectivity index (χ1n) is 5.91. The van der Waals surface area contributed by atoms with Crippen LogP contribution in [0.5, 0.6) is 0 Å². The molecule has 0 aliphatic heterocycles. The number of benzene rings is 2. The van der Waals surface area contributed by atoms with Gasteiger partial charge in [0.1, 0.15) is 0 Å². The number of nitrogens with one attached hydrogen (secondary N) is 1. The molecular formula is C14H16N2O2S2. The largest absolute Gasteiger partial charge is 0.396 e. The van der Waals surface area contributed by atoms with Crippen molar-refractivity contribution in [3.63, 3.8) is 0 Å². The Labute approximate surface area is 123 Å². The first-order valence-corrected chi connectivity index (χ1v) is 9.03. The van der Waals surface area contributed by atoms with E-state index in [9.17, 15) is 8.42 Å². The molecule has 0 radical (unpaired) electrons. The number of thioether (sulfide) groups is 1. The van der Waals surface area contributed by atoms with E-state index in [-0.39, 0.29) is 10.6 Å². The molecule has 0 fully saturated rings. The molecule has 0 heterocycles. The monoisotopic (exact) mass is 308 g/mol. The summed E-state index contributed by atoms with van der Waals surface area (Å²) in [6, 6.07) is 12.8. The maximum absolute atomic E-state index is 11.6. The summed E-state index contributed by atoms with van der Waals surface area (Å²) in [6.45, 7) is 0. The van der Waals surface area contributed by atoms with Crippen molar-refractivity contribution in [1.82, 2.24) is 0 Å². The van der Waals surface area contributed by atoms with Gasteiger partial charge in [0, 0.05) is 16.8 Å². The summed E-state index contributed by atoms with van der Waals surface area (Å²) in [7, 11) is -3.33. The van der Waals surface area contributed by atoms with E-state index in [0.29, 0.717) is 5.69 Å². The molecule has 0 amide bonds. The number of hydrogen-bond acceptors (Lipinski definition) is 5. The molecule has 2 rings (SSSR count). The second-order valence-electron chi connectivity index (χ2n) is 4.35. The Morgan fingerprint density at radius 3 is 2.50 bits per heavy atom. The molecule has 2 aromatic carbocycles. The summed E-state index contributed by atoms with van der Waals surface area (Å²) < 4.78 is 23.3. The molecule has 4 nitrogen and oxygen atoms in total. The zero-order valence-electron chi connectivity index (χ0n) is 11.3. The summed E-state index contributed by atoms with van der Waals surface area (Å²) in [5.41, 5.74) is 7.64. The van der Waals surface area contributed by atoms with Crippen molar-refractivity contribution in [2.45, 2.75) is 9.79 Å². The number of anilines is 3. The third-order valence-electron chi connectivity index (χ3n) is 2.81. The fourth-order valence-corrected chi connectivity index (χ4v) is 3.13. The van der Waals surface area contributed by atoms with Crippen molar-refractivity contribution in [2.75, 3.05) is 23.6 Å². The molecule has 0 saturated carbocycles. The third-order valence-corrected chi connectivity index (χ3v) is 4.69. The molecular weight excluding hydrogens is 292 g/mol. The lowest BCUT2D eigenvalue weighted by Gasteiger charge is -2.12. The number of nitrogens with two attached hydrogens (primary N) is 1. The summed E-state index contributed by atoms with van der Waals surface area (Å²) in [5.74, 6) is 0. The molecule has 0 aliphatic rings. The first kappa shape index (κ1) is 14.7. The van der Waals surface area contributed by atoms with Gasteiger partial charge < -0.3 is 11.1 Å². The molecule has 0 unspecified atom stereocenters. The Balaban J connectivity index is 2.39. The highest BCUT2D eigenvalue weighted by atomic mass is 32.2. The van der Waals surface area contributed by atoms with E-state index in [1.165, 1.54) is 6.07 Å². The van der Waals surface area contributed by atoms with Gasteiger partial charge in [0.25, 0.3) is 0 Å². The number of para-hydroxylation sites is 1. The highest BCUT2D eigenvalue weighted by Gasteiger charge is 2.14. The van der Waals surface area contributed by atoms with Gasteiger partial charge in [-0.2, -0.15) is 0 Å². The Morgan fingerprint density at radius 2 is 1.85 bits per heavy atom. The minimum absolute atomic E-state index is 0.142. The predicted octanol–water partition coefficient (Wildman–Crippen LogP) is 3.14. The van der Waals surface area contributed by atoms with Crippen molar-refractivity contribution < 1.29 is 8.42 Å². The second-order valence-corrected chi connectivity index (χ2v) is 7.21. The SMILES string of the molecule is CSc1cccc(Nc2cccc(S(C)(=O)=O)c2N)c1. The minimum atomic E-state index is -3.33. The molecule has 20 heavy (non-hydrogen) atoms. The molecule has 0 atom stereocenters. The van der Waals surface area contributed by atoms with Crippen LogP contribution in [0.25, 0.3) is 0 Å². The maximum Gasteiger partial charge on any atom is 0.177 e. The molecule has 0 saturated heterocycles. The van der Waals surface area contributed by atoms with E-state index in [2.05, 4.69) is 5.32 Å². The smallest absolute Gasteiger partial charge is 0.177 e. The number of hydrogen-bond donors (Lipinski definition) is 2. The van der Waals surface area contributed by atoms with E-state index in [4.69, 9.17) is 5.73 Å². The lowest BCUT2D eigenvalue weighted by Crippen LogP contribution is -2.05. The van der Waals surface area contributed by atoms with Crippen LogP contribution in [0.4, 0.5) is 17.1 Å². The summed E-state index contributed by atoms with van der Waals surface area (Å²) in [6.07, 6.45) is 3.15. The lowest BCUT2D eigenvalue weighted by atomic mass is 10.2. The van der Waals surface area contributed by atoms with E-state index < -0.39 is 9.84 Å². The van der Waals surface area contributed by atoms with Crippen molar-refractivity contribution in [3.8, 4) is 0 Å². The average molecular weight is 308 g/mol. The van der Waals surface area contributed by atoms with E-state index in [0.717, 1.165) is 16.8 Å². The van der Waals surface area contributed by atoms with Crippen molar-refractivity contribution in [2.24, 2.45) is 0 Å². The molecule has 6 heteroatoms. The fourth-order valence-electron chi connectivity index (χ4n) is 1.83. The van der Waals surface area contributed by atoms with Crippen molar-refractivity contribution >= 4 is 38.7 Å². The lowest BCUT2D eigenvalue weighted by molar-refractivity contribution is 0.602. The van der Waals surface area contributed by atoms with Gasteiger partial charge in [-0.3, -0.25) is 0 Å². The quantitative estimate of drug-likeness (QED) is 0.670. The van der Waals surface area contributed by atoms with Crippen LogP contribution in [0.2, 0.25) is 0 Å². The number of sulfone groups is 1. The normalized spacial score (nSPS) is 11.3. The van der Waals surface area contributed by atoms with Crippen molar-refractivity contribution in [1.29, 1.82) is 0 Å². The van der Waals surface area contributed by atoms with Gasteiger partial charge in [0.15, 0.2) is 9.84 Å². The Bertz CT molecular complexity index is 728. The van der Waals surface area contributed by atoms with Crippen LogP contribution in [0.15, 0.2) is 52.3 Å². The molecule has 0 aliphatic carbocycles. The van der Waals surface area contributed by atoms with Gasteiger partial charge in [-0.15, -0.1) is 11.8 Å². The molecule has 0 spiro atoms. The number of rotatable bonds is 4. The van der Waals surface area contributed by atoms with E-state index >= 15 is 0 Å². The van der Waals surface area contributed by atoms with Crippen LogP contribution < -0.4 is 11.1 Å². The first-order chi connectivity index (χ1) is 9.41. The van der Waals surface area contributed by atoms with Crippen LogP contribution in [-0.2, 0) is 9.84 Å². The zero-order chi connectivity index (χ0) is 14.8. The van der Waals surface area contributed by atoms with Crippen LogP contribution in [0, 0.1) is 0 Å². The third kappa shape index (κ3) is 3.26. The zero-order valence-corrected chi connectivity index (χ0v) is 12.9. The van der Waals surface area contributed by atoms with Gasteiger partial charge in [0.2, 0.25) is 0 Å². The summed E-state index contributed by atoms with van der Waals surface area (Å²) in [5, 5.41) is 3.16. The van der Waals surface area contributed by atoms with Crippen molar-refractivity contribution in [3.05, 3.63) is 42.5 Å². The van der Waals surface area contributed by atoms with Gasteiger partial charge >= 0.3 is 0 Å². The summed E-state index contributed by atoms with van der Waals surface area (Å²) >= 11 is 1.64. The molecule has 0 aromatic heterocycles. The summed E-state index contributed by atoms with van der Waals surface area (Å²) in [4.78, 5) is 1.26. The van der Waals surface area contributed by atoms with Crippen LogP contribution in [0.3, 0.4) is 0 Å². The van der Waals surface area contributed by atoms with Gasteiger partial charge in [-0.05, 0) is 36.6 Å². The Morgan fingerprint density at radius 1 is 1.15 bits per heavy atom. The average Bonchev–Trinajstić information content (AvgIpc) is 2.40. The maximum atomic E-state index is 11.6. The fraction of sp³-hybridized carbons (Fsp3) is 0.143. The van der Waals surface area contributed by atoms with Crippen LogP contribution >= 0.6 is 11.8 Å². The molecule has 2 aromatic rings. The van der Waals surface area contributed by atoms with Gasteiger partial charge in [0.05, 0.1) is 16.3 Å². The van der Waals surface area contributed by atoms with E-state index in [1.54, 1.807) is 23.9 Å². The Kier molecular flexibility index (Phi) is 4.25. The predicted molar refractivity (Wildman–Crippen MR) is 85.5 cm³/mol. The van der Waals surface area contributed by atoms with E-state index in [1.807, 2.05) is 30.5 Å². The molecule has 3 N–H and O–H groups in total. The highest BCUT2D eigenvalue weighted by Crippen LogP contribution is 2.30. The van der Waals surface area contributed by atoms with Crippen LogP contribution in [-0.4, -0.2) is 20.9 Å². The topological polar surface area (TPSA) is 72.2 Å². The second kappa shape index (κ2) is 5.76. The minimum Gasteiger partial charge on any atom is -0.396 e. The molecule has 0 bridgehead atoms. The van der Waals surface area contributed by atoms with Gasteiger partial charge in [-0.25, -0.2) is 8.42 Å². The van der Waals surface area contributed by atoms with Gasteiger partial charge in [-0.1, -0.05) is 12.1 Å². The standard InChI is InChI=1S/C14H16N2O2S2/c1-19-11-6-3-5-10(9-11)16-12-7-4-8-13(14(12)15)20(2,17)18/h3-9,16H,15H2,1-2H3. The number of nitrogen functional groups attached to an aromatic ring is 1. The highest BCUT2D eigenvalue weighted by molar-refractivity contribution is 7.98.